The molecule has 5 heteroatoms. The van der Waals surface area contributed by atoms with Crippen LogP contribution in [0.1, 0.15) is 39.2 Å². The number of rotatable bonds is 5. The minimum Gasteiger partial charge on any atom is -0.444 e. The van der Waals surface area contributed by atoms with Crippen LogP contribution in [0.25, 0.3) is 0 Å². The predicted molar refractivity (Wildman–Crippen MR) is 87.9 cm³/mol. The number of hydrogen-bond donors (Lipinski definition) is 2. The number of hydrogen-bond acceptors (Lipinski definition) is 3. The molecule has 0 aliphatic carbocycles. The van der Waals surface area contributed by atoms with Crippen LogP contribution in [0.4, 0.5) is 10.5 Å². The lowest BCUT2D eigenvalue weighted by molar-refractivity contribution is -0.114. The summed E-state index contributed by atoms with van der Waals surface area (Å²) in [5, 5.41) is 5.44. The van der Waals surface area contributed by atoms with Crippen LogP contribution >= 0.6 is 0 Å². The molecule has 2 amide bonds. The molecule has 0 aromatic heterocycles. The molecule has 22 heavy (non-hydrogen) atoms. The molecule has 5 nitrogen and oxygen atoms in total. The summed E-state index contributed by atoms with van der Waals surface area (Å²) >= 11 is 0. The Labute approximate surface area is 131 Å². The number of carbonyl (C=O) groups is 2. The van der Waals surface area contributed by atoms with Gasteiger partial charge in [-0.05, 0) is 38.5 Å². The van der Waals surface area contributed by atoms with Crippen molar-refractivity contribution in [2.24, 2.45) is 0 Å². The molecule has 1 rings (SSSR count). The Morgan fingerprint density at radius 2 is 1.86 bits per heavy atom. The van der Waals surface area contributed by atoms with E-state index >= 15 is 0 Å². The van der Waals surface area contributed by atoms with Crippen molar-refractivity contribution in [3.8, 4) is 0 Å². The maximum atomic E-state index is 11.7. The third kappa shape index (κ3) is 6.43. The normalized spacial score (nSPS) is 12.2. The van der Waals surface area contributed by atoms with E-state index in [2.05, 4.69) is 17.2 Å². The number of amides is 2. The molecular weight excluding hydrogens is 280 g/mol. The molecule has 0 radical (unpaired) electrons. The van der Waals surface area contributed by atoms with E-state index < -0.39 is 11.7 Å². The molecule has 0 aliphatic rings. The minimum atomic E-state index is -0.520. The van der Waals surface area contributed by atoms with E-state index in [1.807, 2.05) is 45.0 Å². The summed E-state index contributed by atoms with van der Waals surface area (Å²) in [6.07, 6.45) is 1.32. The van der Waals surface area contributed by atoms with Crippen LogP contribution in [0.15, 0.2) is 36.9 Å². The smallest absolute Gasteiger partial charge is 0.407 e. The van der Waals surface area contributed by atoms with Gasteiger partial charge in [-0.25, -0.2) is 4.79 Å². The van der Waals surface area contributed by atoms with Gasteiger partial charge < -0.3 is 15.4 Å². The quantitative estimate of drug-likeness (QED) is 0.819. The number of ether oxygens (including phenoxy) is 1. The first-order valence-corrected chi connectivity index (χ1v) is 7.18. The van der Waals surface area contributed by atoms with E-state index in [1.54, 1.807) is 6.08 Å². The van der Waals surface area contributed by atoms with E-state index in [9.17, 15) is 9.59 Å². The Hall–Kier alpha value is -2.30. The molecule has 0 fully saturated rings. The second-order valence-electron chi connectivity index (χ2n) is 6.03. The monoisotopic (exact) mass is 304 g/mol. The van der Waals surface area contributed by atoms with Crippen molar-refractivity contribution in [3.05, 3.63) is 42.5 Å². The van der Waals surface area contributed by atoms with Gasteiger partial charge in [0.05, 0.1) is 0 Å². The lowest BCUT2D eigenvalue weighted by Gasteiger charge is -2.21. The lowest BCUT2D eigenvalue weighted by Crippen LogP contribution is -2.34. The van der Waals surface area contributed by atoms with Gasteiger partial charge in [-0.1, -0.05) is 18.2 Å². The SMILES string of the molecule is C=C[C@@H](CNC(=O)OC(C)(C)C)c1ccc(NC(C)=O)cc1. The molecule has 120 valence electrons. The van der Waals surface area contributed by atoms with Gasteiger partial charge in [0.15, 0.2) is 0 Å². The summed E-state index contributed by atoms with van der Waals surface area (Å²) in [6.45, 7) is 11.1. The zero-order valence-electron chi connectivity index (χ0n) is 13.6. The van der Waals surface area contributed by atoms with Gasteiger partial charge in [-0.3, -0.25) is 4.79 Å². The number of benzene rings is 1. The molecule has 0 spiro atoms. The standard InChI is InChI=1S/C17H24N2O3/c1-6-13(11-18-16(21)22-17(3,4)5)14-7-9-15(10-8-14)19-12(2)20/h6-10,13H,1,11H2,2-5H3,(H,18,21)(H,19,20)/t13-/m0/s1. The van der Waals surface area contributed by atoms with E-state index in [0.717, 1.165) is 11.3 Å². The maximum absolute atomic E-state index is 11.7. The molecule has 1 atom stereocenters. The number of alkyl carbamates (subject to hydrolysis) is 1. The molecule has 0 aliphatic heterocycles. The Morgan fingerprint density at radius 3 is 2.32 bits per heavy atom. The summed E-state index contributed by atoms with van der Waals surface area (Å²) in [4.78, 5) is 22.7. The van der Waals surface area contributed by atoms with Crippen molar-refractivity contribution in [3.63, 3.8) is 0 Å². The third-order valence-electron chi connectivity index (χ3n) is 2.81. The highest BCUT2D eigenvalue weighted by molar-refractivity contribution is 5.88. The molecule has 0 heterocycles. The fourth-order valence-corrected chi connectivity index (χ4v) is 1.86. The second-order valence-corrected chi connectivity index (χ2v) is 6.03. The average Bonchev–Trinajstić information content (AvgIpc) is 2.38. The van der Waals surface area contributed by atoms with Crippen LogP contribution in [0.5, 0.6) is 0 Å². The van der Waals surface area contributed by atoms with Gasteiger partial charge in [-0.15, -0.1) is 6.58 Å². The zero-order valence-corrected chi connectivity index (χ0v) is 13.6. The van der Waals surface area contributed by atoms with Gasteiger partial charge in [-0.2, -0.15) is 0 Å². The van der Waals surface area contributed by atoms with Crippen LogP contribution in [-0.2, 0) is 9.53 Å². The Balaban J connectivity index is 2.62. The number of nitrogens with one attached hydrogen (secondary N) is 2. The third-order valence-corrected chi connectivity index (χ3v) is 2.81. The summed E-state index contributed by atoms with van der Waals surface area (Å²) in [6, 6.07) is 7.43. The highest BCUT2D eigenvalue weighted by Crippen LogP contribution is 2.19. The molecule has 2 N–H and O–H groups in total. The first kappa shape index (κ1) is 17.8. The number of carbonyl (C=O) groups excluding carboxylic acids is 2. The van der Waals surface area contributed by atoms with Crippen LogP contribution in [0.3, 0.4) is 0 Å². The predicted octanol–water partition coefficient (Wildman–Crippen LogP) is 3.44. The highest BCUT2D eigenvalue weighted by Gasteiger charge is 2.17. The Morgan fingerprint density at radius 1 is 1.27 bits per heavy atom. The van der Waals surface area contributed by atoms with E-state index in [-0.39, 0.29) is 11.8 Å². The van der Waals surface area contributed by atoms with Gasteiger partial charge in [0, 0.05) is 25.1 Å². The summed E-state index contributed by atoms with van der Waals surface area (Å²) in [5.41, 5.74) is 1.22. The molecule has 0 saturated carbocycles. The van der Waals surface area contributed by atoms with E-state index in [0.29, 0.717) is 6.54 Å². The fourth-order valence-electron chi connectivity index (χ4n) is 1.86. The van der Waals surface area contributed by atoms with E-state index in [4.69, 9.17) is 4.74 Å². The fraction of sp³-hybridized carbons (Fsp3) is 0.412. The molecule has 0 unspecified atom stereocenters. The second kappa shape index (κ2) is 7.64. The zero-order chi connectivity index (χ0) is 16.8. The highest BCUT2D eigenvalue weighted by atomic mass is 16.6. The molecule has 1 aromatic rings. The van der Waals surface area contributed by atoms with Gasteiger partial charge >= 0.3 is 6.09 Å². The van der Waals surface area contributed by atoms with Crippen molar-refractivity contribution in [1.82, 2.24) is 5.32 Å². The van der Waals surface area contributed by atoms with Gasteiger partial charge in [0.1, 0.15) is 5.60 Å². The maximum Gasteiger partial charge on any atom is 0.407 e. The minimum absolute atomic E-state index is 0.0288. The van der Waals surface area contributed by atoms with Crippen molar-refractivity contribution in [1.29, 1.82) is 0 Å². The first-order valence-electron chi connectivity index (χ1n) is 7.18. The van der Waals surface area contributed by atoms with Crippen LogP contribution in [-0.4, -0.2) is 24.1 Å². The average molecular weight is 304 g/mol. The molecule has 1 aromatic carbocycles. The topological polar surface area (TPSA) is 67.4 Å². The van der Waals surface area contributed by atoms with Gasteiger partial charge in [0.2, 0.25) is 5.91 Å². The number of anilines is 1. The van der Waals surface area contributed by atoms with Crippen molar-refractivity contribution in [2.45, 2.75) is 39.2 Å². The van der Waals surface area contributed by atoms with Crippen LogP contribution in [0, 0.1) is 0 Å². The van der Waals surface area contributed by atoms with Crippen molar-refractivity contribution < 1.29 is 14.3 Å². The molecule has 0 saturated heterocycles. The summed E-state index contributed by atoms with van der Waals surface area (Å²) in [5.74, 6) is -0.140. The molecular formula is C17H24N2O3. The molecule has 0 bridgehead atoms. The summed E-state index contributed by atoms with van der Waals surface area (Å²) in [7, 11) is 0. The Bertz CT molecular complexity index is 530. The van der Waals surface area contributed by atoms with Gasteiger partial charge in [0.25, 0.3) is 0 Å². The lowest BCUT2D eigenvalue weighted by atomic mass is 9.99. The first-order chi connectivity index (χ1) is 10.2. The summed E-state index contributed by atoms with van der Waals surface area (Å²) < 4.78 is 5.20. The van der Waals surface area contributed by atoms with Crippen LogP contribution in [0.2, 0.25) is 0 Å². The van der Waals surface area contributed by atoms with Crippen molar-refractivity contribution in [2.75, 3.05) is 11.9 Å². The van der Waals surface area contributed by atoms with E-state index in [1.165, 1.54) is 6.92 Å². The van der Waals surface area contributed by atoms with Crippen LogP contribution < -0.4 is 10.6 Å². The largest absolute Gasteiger partial charge is 0.444 e. The van der Waals surface area contributed by atoms with Crippen molar-refractivity contribution >= 4 is 17.7 Å². The Kier molecular flexibility index (Phi) is 6.16.